The van der Waals surface area contributed by atoms with E-state index in [0.717, 1.165) is 0 Å². The molecule has 9 aromatic carbocycles. The molecule has 0 bridgehead atoms. The Morgan fingerprint density at radius 1 is 0.224 bits per heavy atom. The zero-order chi connectivity index (χ0) is 38.4. The maximum absolute atomic E-state index is 2.41. The summed E-state index contributed by atoms with van der Waals surface area (Å²) >= 11 is 0. The predicted molar refractivity (Wildman–Crippen MR) is 246 cm³/mol. The number of hydrogen-bond donors (Lipinski definition) is 0. The van der Waals surface area contributed by atoms with E-state index in [1.165, 1.54) is 98.8 Å². The lowest BCUT2D eigenvalue weighted by atomic mass is 9.70. The number of fused-ring (bicyclic) bond motifs is 4. The minimum absolute atomic E-state index is 0.226. The molecular formula is C58H40. The van der Waals surface area contributed by atoms with Gasteiger partial charge in [0, 0.05) is 11.8 Å². The molecule has 0 aromatic heterocycles. The summed E-state index contributed by atoms with van der Waals surface area (Å²) in [5, 5.41) is 7.71. The number of benzene rings is 9. The Morgan fingerprint density at radius 3 is 0.862 bits per heavy atom. The maximum Gasteiger partial charge on any atom is 0.0137 e. The fraction of sp³-hybridized carbons (Fsp3) is 0.0345. The van der Waals surface area contributed by atoms with Crippen molar-refractivity contribution in [3.8, 4) is 44.5 Å². The molecule has 0 aliphatic heterocycles. The number of allylic oxidation sites excluding steroid dienone is 4. The van der Waals surface area contributed by atoms with E-state index in [4.69, 9.17) is 0 Å². The van der Waals surface area contributed by atoms with Crippen LogP contribution in [-0.2, 0) is 0 Å². The number of rotatable bonds is 6. The van der Waals surface area contributed by atoms with E-state index in [-0.39, 0.29) is 11.8 Å². The molecule has 58 heavy (non-hydrogen) atoms. The molecule has 9 aromatic rings. The molecule has 0 N–H and O–H groups in total. The second-order valence-electron chi connectivity index (χ2n) is 15.5. The summed E-state index contributed by atoms with van der Waals surface area (Å²) < 4.78 is 0. The van der Waals surface area contributed by atoms with Crippen LogP contribution in [0.15, 0.2) is 231 Å². The Kier molecular flexibility index (Phi) is 8.41. The summed E-state index contributed by atoms with van der Waals surface area (Å²) in [6.45, 7) is 0. The monoisotopic (exact) mass is 736 g/mol. The van der Waals surface area contributed by atoms with Gasteiger partial charge in [0.15, 0.2) is 0 Å². The lowest BCUT2D eigenvalue weighted by molar-refractivity contribution is 0.686. The van der Waals surface area contributed by atoms with E-state index in [1.807, 2.05) is 0 Å². The van der Waals surface area contributed by atoms with E-state index < -0.39 is 0 Å². The van der Waals surface area contributed by atoms with Gasteiger partial charge in [0.25, 0.3) is 0 Å². The molecule has 0 nitrogen and oxygen atoms in total. The second-order valence-corrected chi connectivity index (χ2v) is 15.5. The molecule has 0 heteroatoms. The van der Waals surface area contributed by atoms with Crippen molar-refractivity contribution in [1.82, 2.24) is 0 Å². The number of hydrogen-bond acceptors (Lipinski definition) is 0. The van der Waals surface area contributed by atoms with Gasteiger partial charge in [0.2, 0.25) is 0 Å². The summed E-state index contributed by atoms with van der Waals surface area (Å²) in [5.74, 6) is 0.461. The molecule has 0 amide bonds. The molecule has 0 fully saturated rings. The van der Waals surface area contributed by atoms with E-state index in [2.05, 4.69) is 231 Å². The van der Waals surface area contributed by atoms with E-state index in [9.17, 15) is 0 Å². The van der Waals surface area contributed by atoms with Gasteiger partial charge >= 0.3 is 0 Å². The fourth-order valence-corrected chi connectivity index (χ4v) is 9.67. The molecule has 0 saturated carbocycles. The van der Waals surface area contributed by atoms with Crippen molar-refractivity contribution in [3.05, 3.63) is 252 Å². The molecular weight excluding hydrogens is 697 g/mol. The highest BCUT2D eigenvalue weighted by molar-refractivity contribution is 6.21. The highest BCUT2D eigenvalue weighted by atomic mass is 14.3. The van der Waals surface area contributed by atoms with Crippen LogP contribution in [0.5, 0.6) is 0 Å². The molecule has 2 aliphatic rings. The average molecular weight is 737 g/mol. The summed E-state index contributed by atoms with van der Waals surface area (Å²) in [5.41, 5.74) is 15.3. The first-order valence-corrected chi connectivity index (χ1v) is 20.3. The summed E-state index contributed by atoms with van der Waals surface area (Å²) in [4.78, 5) is 0. The van der Waals surface area contributed by atoms with Crippen LogP contribution in [0.2, 0.25) is 0 Å². The quantitative estimate of drug-likeness (QED) is 0.149. The molecule has 2 atom stereocenters. The van der Waals surface area contributed by atoms with Gasteiger partial charge in [0.1, 0.15) is 0 Å². The standard InChI is InChI=1S/C58H40/c1-3-15-39(16-4-1)41-27-31-43(32-28-41)55-47-19-7-11-23-51(47)57(52-24-12-8-20-48(52)55)45-35-37-46(38-36-45)58-53-25-13-9-21-49(53)56(50-22-10-14-26-54(50)58)44-33-29-42(30-34-44)40-17-5-2-6-18-40/h1-38,47,51H. The van der Waals surface area contributed by atoms with Crippen LogP contribution in [0.3, 0.4) is 0 Å². The molecule has 0 spiro atoms. The highest BCUT2D eigenvalue weighted by Gasteiger charge is 2.32. The maximum atomic E-state index is 2.41. The summed E-state index contributed by atoms with van der Waals surface area (Å²) in [6, 6.07) is 75.9. The second kappa shape index (κ2) is 14.3. The first-order chi connectivity index (χ1) is 28.8. The molecule has 2 unspecified atom stereocenters. The molecule has 0 heterocycles. The lowest BCUT2D eigenvalue weighted by Gasteiger charge is -2.33. The van der Waals surface area contributed by atoms with Crippen molar-refractivity contribution in [3.63, 3.8) is 0 Å². The molecule has 11 rings (SSSR count). The molecule has 2 aliphatic carbocycles. The third kappa shape index (κ3) is 5.77. The Hall–Kier alpha value is -7.28. The highest BCUT2D eigenvalue weighted by Crippen LogP contribution is 2.45. The Balaban J connectivity index is 1.05. The minimum Gasteiger partial charge on any atom is -0.0760 e. The van der Waals surface area contributed by atoms with E-state index in [0.29, 0.717) is 0 Å². The van der Waals surface area contributed by atoms with Crippen molar-refractivity contribution in [1.29, 1.82) is 0 Å². The van der Waals surface area contributed by atoms with Gasteiger partial charge in [-0.1, -0.05) is 231 Å². The first-order valence-electron chi connectivity index (χ1n) is 20.3. The van der Waals surface area contributed by atoms with Crippen molar-refractivity contribution in [2.75, 3.05) is 0 Å². The minimum atomic E-state index is 0.226. The van der Waals surface area contributed by atoms with E-state index in [1.54, 1.807) is 0 Å². The third-order valence-corrected chi connectivity index (χ3v) is 12.3. The van der Waals surface area contributed by atoms with Gasteiger partial charge in [-0.3, -0.25) is 0 Å². The average Bonchev–Trinajstić information content (AvgIpc) is 3.31. The van der Waals surface area contributed by atoms with Gasteiger partial charge in [-0.05, 0) is 98.8 Å². The van der Waals surface area contributed by atoms with Crippen LogP contribution in [0.25, 0.3) is 77.2 Å². The normalized spacial score (nSPS) is 15.7. The Labute approximate surface area is 339 Å². The van der Waals surface area contributed by atoms with Crippen LogP contribution in [0.1, 0.15) is 11.1 Å². The van der Waals surface area contributed by atoms with Gasteiger partial charge in [-0.25, -0.2) is 0 Å². The van der Waals surface area contributed by atoms with E-state index >= 15 is 0 Å². The largest absolute Gasteiger partial charge is 0.0760 e. The fourth-order valence-electron chi connectivity index (χ4n) is 9.67. The summed E-state index contributed by atoms with van der Waals surface area (Å²) in [6.07, 6.45) is 9.28. The van der Waals surface area contributed by atoms with Crippen molar-refractivity contribution in [2.45, 2.75) is 0 Å². The zero-order valence-corrected chi connectivity index (χ0v) is 32.1. The molecule has 272 valence electrons. The van der Waals surface area contributed by atoms with Crippen molar-refractivity contribution in [2.24, 2.45) is 11.8 Å². The topological polar surface area (TPSA) is 0 Å². The van der Waals surface area contributed by atoms with Crippen molar-refractivity contribution < 1.29 is 0 Å². The SMILES string of the molecule is C1=CC2C(c3ccc(-c4ccccc4)cc3)=c3ccccc3=C(c3ccc(-c4c5ccccc5c(-c5ccc(-c6ccccc6)cc5)c5ccccc45)cc3)C2C=C1. The van der Waals surface area contributed by atoms with Gasteiger partial charge in [0.05, 0.1) is 0 Å². The van der Waals surface area contributed by atoms with Crippen molar-refractivity contribution >= 4 is 32.7 Å². The van der Waals surface area contributed by atoms with Crippen LogP contribution >= 0.6 is 0 Å². The smallest absolute Gasteiger partial charge is 0.0137 e. The Morgan fingerprint density at radius 2 is 0.500 bits per heavy atom. The molecule has 0 radical (unpaired) electrons. The summed E-state index contributed by atoms with van der Waals surface area (Å²) in [7, 11) is 0. The first kappa shape index (κ1) is 34.0. The van der Waals surface area contributed by atoms with Crippen LogP contribution in [0.4, 0.5) is 0 Å². The van der Waals surface area contributed by atoms with Crippen LogP contribution < -0.4 is 10.4 Å². The molecule has 0 saturated heterocycles. The third-order valence-electron chi connectivity index (χ3n) is 12.3. The van der Waals surface area contributed by atoms with Gasteiger partial charge in [-0.2, -0.15) is 0 Å². The van der Waals surface area contributed by atoms with Gasteiger partial charge < -0.3 is 0 Å². The van der Waals surface area contributed by atoms with Crippen LogP contribution in [-0.4, -0.2) is 0 Å². The van der Waals surface area contributed by atoms with Gasteiger partial charge in [-0.15, -0.1) is 0 Å². The lowest BCUT2D eigenvalue weighted by Crippen LogP contribution is -2.40. The predicted octanol–water partition coefficient (Wildman–Crippen LogP) is 13.4. The van der Waals surface area contributed by atoms with Crippen LogP contribution in [0, 0.1) is 11.8 Å². The zero-order valence-electron chi connectivity index (χ0n) is 32.1. The Bertz CT molecular complexity index is 3110.